The van der Waals surface area contributed by atoms with E-state index in [4.69, 9.17) is 4.74 Å². The minimum Gasteiger partial charge on any atom is -0.469 e. The van der Waals surface area contributed by atoms with Gasteiger partial charge in [0.15, 0.2) is 0 Å². The molecule has 0 spiro atoms. The Morgan fingerprint density at radius 2 is 2.21 bits per heavy atom. The first kappa shape index (κ1) is 13.5. The van der Waals surface area contributed by atoms with Gasteiger partial charge in [-0.2, -0.15) is 0 Å². The Bertz CT molecular complexity index is 439. The third-order valence-corrected chi connectivity index (χ3v) is 3.79. The van der Waals surface area contributed by atoms with E-state index < -0.39 is 5.41 Å². The average Bonchev–Trinajstić information content (AvgIpc) is 2.48. The van der Waals surface area contributed by atoms with Gasteiger partial charge in [0.1, 0.15) is 12.1 Å². The SMILES string of the molecule is COC(=O)C1(CC=O)CCN(c2ccccn2)CC1. The van der Waals surface area contributed by atoms with Gasteiger partial charge in [0, 0.05) is 25.7 Å². The third-order valence-electron chi connectivity index (χ3n) is 3.79. The molecular formula is C14H18N2O3. The molecule has 0 saturated carbocycles. The smallest absolute Gasteiger partial charge is 0.312 e. The Balaban J connectivity index is 2.08. The highest BCUT2D eigenvalue weighted by atomic mass is 16.5. The lowest BCUT2D eigenvalue weighted by Gasteiger charge is -2.39. The van der Waals surface area contributed by atoms with Crippen LogP contribution in [0.5, 0.6) is 0 Å². The summed E-state index contributed by atoms with van der Waals surface area (Å²) < 4.78 is 4.85. The van der Waals surface area contributed by atoms with E-state index >= 15 is 0 Å². The molecule has 5 nitrogen and oxygen atoms in total. The van der Waals surface area contributed by atoms with Crippen LogP contribution in [-0.4, -0.2) is 37.4 Å². The second-order valence-electron chi connectivity index (χ2n) is 4.82. The van der Waals surface area contributed by atoms with Crippen molar-refractivity contribution in [1.82, 2.24) is 4.98 Å². The number of ether oxygens (including phenoxy) is 1. The van der Waals surface area contributed by atoms with Crippen LogP contribution in [-0.2, 0) is 14.3 Å². The van der Waals surface area contributed by atoms with Gasteiger partial charge in [0.2, 0.25) is 0 Å². The highest BCUT2D eigenvalue weighted by Gasteiger charge is 2.42. The lowest BCUT2D eigenvalue weighted by Crippen LogP contribution is -2.45. The van der Waals surface area contributed by atoms with Crippen molar-refractivity contribution in [3.05, 3.63) is 24.4 Å². The van der Waals surface area contributed by atoms with Crippen molar-refractivity contribution < 1.29 is 14.3 Å². The highest BCUT2D eigenvalue weighted by molar-refractivity contribution is 5.80. The monoisotopic (exact) mass is 262 g/mol. The summed E-state index contributed by atoms with van der Waals surface area (Å²) in [6.45, 7) is 1.42. The van der Waals surface area contributed by atoms with E-state index in [1.165, 1.54) is 7.11 Å². The molecule has 5 heteroatoms. The number of rotatable bonds is 4. The van der Waals surface area contributed by atoms with Crippen molar-refractivity contribution in [2.45, 2.75) is 19.3 Å². The van der Waals surface area contributed by atoms with Gasteiger partial charge in [-0.05, 0) is 25.0 Å². The van der Waals surface area contributed by atoms with Crippen molar-refractivity contribution in [2.75, 3.05) is 25.1 Å². The average molecular weight is 262 g/mol. The summed E-state index contributed by atoms with van der Waals surface area (Å²) in [7, 11) is 1.38. The summed E-state index contributed by atoms with van der Waals surface area (Å²) in [5.74, 6) is 0.632. The van der Waals surface area contributed by atoms with Crippen LogP contribution in [0.1, 0.15) is 19.3 Å². The number of hydrogen-bond donors (Lipinski definition) is 0. The number of piperidine rings is 1. The molecule has 0 aromatic carbocycles. The first-order valence-corrected chi connectivity index (χ1v) is 6.40. The maximum atomic E-state index is 11.9. The zero-order chi connectivity index (χ0) is 13.7. The van der Waals surface area contributed by atoms with Crippen LogP contribution in [0.4, 0.5) is 5.82 Å². The van der Waals surface area contributed by atoms with E-state index in [2.05, 4.69) is 9.88 Å². The molecule has 0 radical (unpaired) electrons. The van der Waals surface area contributed by atoms with E-state index in [0.717, 1.165) is 12.1 Å². The molecule has 0 bridgehead atoms. The Hall–Kier alpha value is -1.91. The number of carbonyl (C=O) groups excluding carboxylic acids is 2. The van der Waals surface area contributed by atoms with Gasteiger partial charge in [-0.3, -0.25) is 4.79 Å². The third kappa shape index (κ3) is 2.75. The molecule has 1 aromatic rings. The Labute approximate surface area is 112 Å². The van der Waals surface area contributed by atoms with Gasteiger partial charge in [-0.25, -0.2) is 4.98 Å². The molecule has 1 aromatic heterocycles. The fourth-order valence-electron chi connectivity index (χ4n) is 2.57. The molecule has 2 heterocycles. The second kappa shape index (κ2) is 5.82. The van der Waals surface area contributed by atoms with E-state index in [-0.39, 0.29) is 12.4 Å². The Kier molecular flexibility index (Phi) is 4.14. The number of anilines is 1. The molecule has 1 aliphatic rings. The zero-order valence-electron chi connectivity index (χ0n) is 11.0. The lowest BCUT2D eigenvalue weighted by atomic mass is 9.76. The van der Waals surface area contributed by atoms with Crippen LogP contribution in [0.25, 0.3) is 0 Å². The predicted octanol–water partition coefficient (Wildman–Crippen LogP) is 1.43. The quantitative estimate of drug-likeness (QED) is 0.607. The molecule has 0 N–H and O–H groups in total. The predicted molar refractivity (Wildman–Crippen MR) is 70.8 cm³/mol. The number of carbonyl (C=O) groups is 2. The van der Waals surface area contributed by atoms with Crippen molar-refractivity contribution in [3.8, 4) is 0 Å². The second-order valence-corrected chi connectivity index (χ2v) is 4.82. The minimum atomic E-state index is -0.651. The Morgan fingerprint density at radius 1 is 1.47 bits per heavy atom. The van der Waals surface area contributed by atoms with E-state index in [9.17, 15) is 9.59 Å². The zero-order valence-corrected chi connectivity index (χ0v) is 11.0. The highest BCUT2D eigenvalue weighted by Crippen LogP contribution is 2.36. The Morgan fingerprint density at radius 3 is 2.74 bits per heavy atom. The minimum absolute atomic E-state index is 0.232. The number of aldehydes is 1. The van der Waals surface area contributed by atoms with Crippen LogP contribution in [0, 0.1) is 5.41 Å². The molecule has 1 aliphatic heterocycles. The lowest BCUT2D eigenvalue weighted by molar-refractivity contribution is -0.155. The topological polar surface area (TPSA) is 59.5 Å². The van der Waals surface area contributed by atoms with Gasteiger partial charge in [0.05, 0.1) is 12.5 Å². The van der Waals surface area contributed by atoms with Crippen molar-refractivity contribution in [3.63, 3.8) is 0 Å². The molecule has 0 unspecified atom stereocenters. The number of aromatic nitrogens is 1. The fourth-order valence-corrected chi connectivity index (χ4v) is 2.57. The summed E-state index contributed by atoms with van der Waals surface area (Å²) in [5.41, 5.74) is -0.651. The molecule has 1 fully saturated rings. The van der Waals surface area contributed by atoms with Crippen LogP contribution >= 0.6 is 0 Å². The van der Waals surface area contributed by atoms with Crippen molar-refractivity contribution in [2.24, 2.45) is 5.41 Å². The molecule has 0 aliphatic carbocycles. The van der Waals surface area contributed by atoms with Crippen LogP contribution in [0.15, 0.2) is 24.4 Å². The largest absolute Gasteiger partial charge is 0.469 e. The van der Waals surface area contributed by atoms with Gasteiger partial charge in [-0.1, -0.05) is 6.07 Å². The summed E-state index contributed by atoms with van der Waals surface area (Å²) >= 11 is 0. The normalized spacial score (nSPS) is 17.8. The van der Waals surface area contributed by atoms with Crippen LogP contribution in [0.2, 0.25) is 0 Å². The molecule has 2 rings (SSSR count). The standard InChI is InChI=1S/C14H18N2O3/c1-19-13(18)14(7-11-17)5-9-16(10-6-14)12-4-2-3-8-15-12/h2-4,8,11H,5-7,9-10H2,1H3. The molecule has 19 heavy (non-hydrogen) atoms. The van der Waals surface area contributed by atoms with Crippen LogP contribution < -0.4 is 4.90 Å². The molecular weight excluding hydrogens is 244 g/mol. The van der Waals surface area contributed by atoms with E-state index in [1.54, 1.807) is 6.20 Å². The van der Waals surface area contributed by atoms with Gasteiger partial charge in [0.25, 0.3) is 0 Å². The maximum absolute atomic E-state index is 11.9. The number of hydrogen-bond acceptors (Lipinski definition) is 5. The first-order valence-electron chi connectivity index (χ1n) is 6.40. The molecule has 1 saturated heterocycles. The van der Waals surface area contributed by atoms with E-state index in [0.29, 0.717) is 25.9 Å². The fraction of sp³-hybridized carbons (Fsp3) is 0.500. The van der Waals surface area contributed by atoms with Gasteiger partial charge < -0.3 is 14.4 Å². The summed E-state index contributed by atoms with van der Waals surface area (Å²) in [4.78, 5) is 29.2. The number of pyridine rings is 1. The maximum Gasteiger partial charge on any atom is 0.312 e. The summed E-state index contributed by atoms with van der Waals surface area (Å²) in [6.07, 6.45) is 4.04. The van der Waals surface area contributed by atoms with Gasteiger partial charge in [-0.15, -0.1) is 0 Å². The van der Waals surface area contributed by atoms with E-state index in [1.807, 2.05) is 18.2 Å². The summed E-state index contributed by atoms with van der Waals surface area (Å²) in [6, 6.07) is 5.76. The number of esters is 1. The number of nitrogens with zero attached hydrogens (tertiary/aromatic N) is 2. The van der Waals surface area contributed by atoms with Crippen LogP contribution in [0.3, 0.4) is 0 Å². The first-order chi connectivity index (χ1) is 9.22. The van der Waals surface area contributed by atoms with Crippen molar-refractivity contribution >= 4 is 18.1 Å². The van der Waals surface area contributed by atoms with Gasteiger partial charge >= 0.3 is 5.97 Å². The molecule has 102 valence electrons. The molecule has 0 amide bonds. The summed E-state index contributed by atoms with van der Waals surface area (Å²) in [5, 5.41) is 0. The van der Waals surface area contributed by atoms with Crippen molar-refractivity contribution in [1.29, 1.82) is 0 Å². The molecule has 0 atom stereocenters. The number of methoxy groups -OCH3 is 1.